The van der Waals surface area contributed by atoms with Gasteiger partial charge >= 0.3 is 0 Å². The second kappa shape index (κ2) is 8.62. The number of hydrazone groups is 1. The van der Waals surface area contributed by atoms with Crippen molar-refractivity contribution in [3.63, 3.8) is 0 Å². The van der Waals surface area contributed by atoms with Gasteiger partial charge in [0, 0.05) is 11.1 Å². The van der Waals surface area contributed by atoms with Gasteiger partial charge in [-0.1, -0.05) is 54.6 Å². The monoisotopic (exact) mass is 412 g/mol. The molecule has 1 amide bonds. The Hall–Kier alpha value is -4.26. The zero-order valence-corrected chi connectivity index (χ0v) is 16.8. The Bertz CT molecular complexity index is 1330. The molecule has 0 aliphatic carbocycles. The average Bonchev–Trinajstić information content (AvgIpc) is 2.80. The molecule has 1 aromatic heterocycles. The molecule has 2 N–H and O–H groups in total. The Labute approximate surface area is 178 Å². The zero-order chi connectivity index (χ0) is 21.8. The molecule has 7 nitrogen and oxygen atoms in total. The fourth-order valence-electron chi connectivity index (χ4n) is 3.27. The number of fused-ring (bicyclic) bond motifs is 1. The summed E-state index contributed by atoms with van der Waals surface area (Å²) >= 11 is 0. The number of benzene rings is 3. The lowest BCUT2D eigenvalue weighted by Gasteiger charge is -2.18. The van der Waals surface area contributed by atoms with Crippen LogP contribution in [0.2, 0.25) is 0 Å². The number of phenols is 1. The van der Waals surface area contributed by atoms with E-state index in [0.717, 1.165) is 5.56 Å². The third kappa shape index (κ3) is 4.06. The highest BCUT2D eigenvalue weighted by molar-refractivity contribution is 5.87. The molecule has 0 fully saturated rings. The fourth-order valence-corrected chi connectivity index (χ4v) is 3.27. The Kier molecular flexibility index (Phi) is 5.57. The minimum atomic E-state index is -0.874. The van der Waals surface area contributed by atoms with Crippen LogP contribution in [-0.4, -0.2) is 26.8 Å². The van der Waals surface area contributed by atoms with Crippen LogP contribution in [0.1, 0.15) is 18.5 Å². The van der Waals surface area contributed by atoms with E-state index in [1.165, 1.54) is 16.8 Å². The molecular weight excluding hydrogens is 392 g/mol. The number of para-hydroxylation sites is 2. The summed E-state index contributed by atoms with van der Waals surface area (Å²) in [7, 11) is 0. The van der Waals surface area contributed by atoms with Crippen LogP contribution >= 0.6 is 0 Å². The van der Waals surface area contributed by atoms with Gasteiger partial charge in [-0.2, -0.15) is 5.10 Å². The number of carbonyl (C=O) groups is 1. The lowest BCUT2D eigenvalue weighted by molar-refractivity contribution is -0.123. The Morgan fingerprint density at radius 3 is 2.48 bits per heavy atom. The van der Waals surface area contributed by atoms with Crippen molar-refractivity contribution in [1.29, 1.82) is 0 Å². The summed E-state index contributed by atoms with van der Waals surface area (Å²) in [5.74, 6) is -0.0328. The van der Waals surface area contributed by atoms with Crippen molar-refractivity contribution in [1.82, 2.24) is 15.0 Å². The van der Waals surface area contributed by atoms with Gasteiger partial charge in [0.05, 0.1) is 17.1 Å². The smallest absolute Gasteiger partial charge is 0.263 e. The van der Waals surface area contributed by atoms with E-state index in [9.17, 15) is 14.7 Å². The van der Waals surface area contributed by atoms with Crippen molar-refractivity contribution in [2.75, 3.05) is 0 Å². The number of rotatable bonds is 5. The minimum Gasteiger partial charge on any atom is -0.507 e. The predicted molar refractivity (Wildman–Crippen MR) is 120 cm³/mol. The van der Waals surface area contributed by atoms with E-state index in [2.05, 4.69) is 15.5 Å². The van der Waals surface area contributed by atoms with Gasteiger partial charge in [0.2, 0.25) is 0 Å². The number of carbonyl (C=O) groups excluding carboxylic acids is 1. The first-order chi connectivity index (χ1) is 15.1. The lowest BCUT2D eigenvalue weighted by Crippen LogP contribution is -2.35. The van der Waals surface area contributed by atoms with Crippen molar-refractivity contribution >= 4 is 23.0 Å². The zero-order valence-electron chi connectivity index (χ0n) is 16.8. The molecule has 154 valence electrons. The van der Waals surface area contributed by atoms with Gasteiger partial charge in [0.1, 0.15) is 17.6 Å². The standard InChI is InChI=1S/C24H20N4O3/c1-16(23(30)27-25-15-18-11-5-8-14-21(18)29)28-22(17-9-3-2-4-10-17)26-20-13-7-6-12-19(20)24(28)31/h2-16,29H,1H3,(H,27,30)/b25-15-/t16-/m1/s1. The molecular formula is C24H20N4O3. The highest BCUT2D eigenvalue weighted by atomic mass is 16.3. The molecule has 0 spiro atoms. The second-order valence-electron chi connectivity index (χ2n) is 6.96. The fraction of sp³-hybridized carbons (Fsp3) is 0.0833. The second-order valence-corrected chi connectivity index (χ2v) is 6.96. The van der Waals surface area contributed by atoms with Gasteiger partial charge in [0.15, 0.2) is 0 Å². The maximum atomic E-state index is 13.3. The highest BCUT2D eigenvalue weighted by Crippen LogP contribution is 2.22. The van der Waals surface area contributed by atoms with Crippen LogP contribution < -0.4 is 11.0 Å². The van der Waals surface area contributed by atoms with Gasteiger partial charge in [-0.25, -0.2) is 10.4 Å². The molecule has 0 radical (unpaired) electrons. The molecule has 4 aromatic rings. The van der Waals surface area contributed by atoms with Crippen LogP contribution in [0.25, 0.3) is 22.3 Å². The van der Waals surface area contributed by atoms with Crippen LogP contribution in [-0.2, 0) is 4.79 Å². The van der Waals surface area contributed by atoms with Gasteiger partial charge < -0.3 is 5.11 Å². The van der Waals surface area contributed by atoms with Gasteiger partial charge in [-0.15, -0.1) is 0 Å². The summed E-state index contributed by atoms with van der Waals surface area (Å²) in [4.78, 5) is 30.8. The number of hydrogen-bond donors (Lipinski definition) is 2. The first kappa shape index (κ1) is 20.0. The first-order valence-electron chi connectivity index (χ1n) is 9.74. The number of phenolic OH excluding ortho intramolecular Hbond substituents is 1. The van der Waals surface area contributed by atoms with Gasteiger partial charge in [-0.05, 0) is 31.2 Å². The molecule has 0 bridgehead atoms. The summed E-state index contributed by atoms with van der Waals surface area (Å²) in [5.41, 5.74) is 3.88. The largest absolute Gasteiger partial charge is 0.507 e. The number of aromatic nitrogens is 2. The number of aromatic hydroxyl groups is 1. The highest BCUT2D eigenvalue weighted by Gasteiger charge is 2.22. The third-order valence-corrected chi connectivity index (χ3v) is 4.92. The van der Waals surface area contributed by atoms with Crippen LogP contribution in [0.4, 0.5) is 0 Å². The van der Waals surface area contributed by atoms with Crippen LogP contribution in [0.3, 0.4) is 0 Å². The summed E-state index contributed by atoms with van der Waals surface area (Å²) in [6, 6.07) is 22.1. The summed E-state index contributed by atoms with van der Waals surface area (Å²) in [6.45, 7) is 1.62. The molecule has 0 unspecified atom stereocenters. The number of amides is 1. The summed E-state index contributed by atoms with van der Waals surface area (Å²) in [6.07, 6.45) is 1.35. The number of nitrogens with zero attached hydrogens (tertiary/aromatic N) is 3. The normalized spacial score (nSPS) is 12.2. The van der Waals surface area contributed by atoms with Gasteiger partial charge in [0.25, 0.3) is 11.5 Å². The van der Waals surface area contributed by atoms with E-state index in [4.69, 9.17) is 0 Å². The third-order valence-electron chi connectivity index (χ3n) is 4.92. The number of nitrogens with one attached hydrogen (secondary N) is 1. The number of hydrogen-bond acceptors (Lipinski definition) is 5. The molecule has 0 saturated carbocycles. The van der Waals surface area contributed by atoms with Crippen LogP contribution in [0.5, 0.6) is 5.75 Å². The molecule has 0 aliphatic heterocycles. The van der Waals surface area contributed by atoms with Crippen LogP contribution in [0.15, 0.2) is 88.8 Å². The molecule has 0 aliphatic rings. The summed E-state index contributed by atoms with van der Waals surface area (Å²) < 4.78 is 1.38. The van der Waals surface area contributed by atoms with Crippen molar-refractivity contribution in [2.24, 2.45) is 5.10 Å². The Morgan fingerprint density at radius 2 is 1.71 bits per heavy atom. The molecule has 1 atom stereocenters. The maximum absolute atomic E-state index is 13.3. The predicted octanol–water partition coefficient (Wildman–Crippen LogP) is 3.48. The SMILES string of the molecule is C[C@H](C(=O)N/N=C\c1ccccc1O)n1c(-c2ccccc2)nc2ccccc2c1=O. The molecule has 4 rings (SSSR count). The van der Waals surface area contributed by atoms with Gasteiger partial charge in [-0.3, -0.25) is 14.2 Å². The van der Waals surface area contributed by atoms with Crippen molar-refractivity contribution in [3.8, 4) is 17.1 Å². The van der Waals surface area contributed by atoms with E-state index in [1.54, 1.807) is 43.3 Å². The van der Waals surface area contributed by atoms with E-state index in [1.807, 2.05) is 36.4 Å². The maximum Gasteiger partial charge on any atom is 0.263 e. The van der Waals surface area contributed by atoms with E-state index >= 15 is 0 Å². The summed E-state index contributed by atoms with van der Waals surface area (Å²) in [5, 5.41) is 14.2. The van der Waals surface area contributed by atoms with E-state index < -0.39 is 11.9 Å². The lowest BCUT2D eigenvalue weighted by atomic mass is 10.1. The molecule has 31 heavy (non-hydrogen) atoms. The molecule has 0 saturated heterocycles. The van der Waals surface area contributed by atoms with E-state index in [0.29, 0.717) is 22.3 Å². The molecule has 7 heteroatoms. The molecule has 1 heterocycles. The Balaban J connectivity index is 1.72. The van der Waals surface area contributed by atoms with Crippen LogP contribution in [0, 0.1) is 0 Å². The molecule has 3 aromatic carbocycles. The van der Waals surface area contributed by atoms with Crippen molar-refractivity contribution < 1.29 is 9.90 Å². The first-order valence-corrected chi connectivity index (χ1v) is 9.74. The quantitative estimate of drug-likeness (QED) is 0.387. The van der Waals surface area contributed by atoms with Crippen molar-refractivity contribution in [2.45, 2.75) is 13.0 Å². The Morgan fingerprint density at radius 1 is 1.03 bits per heavy atom. The van der Waals surface area contributed by atoms with Crippen molar-refractivity contribution in [3.05, 3.63) is 94.8 Å². The van der Waals surface area contributed by atoms with E-state index in [-0.39, 0.29) is 11.3 Å². The average molecular weight is 412 g/mol. The topological polar surface area (TPSA) is 96.6 Å². The minimum absolute atomic E-state index is 0.0508.